The number of ether oxygens (including phenoxy) is 1. The van der Waals surface area contributed by atoms with Crippen LogP contribution in [0.25, 0.3) is 0 Å². The molecule has 25 heavy (non-hydrogen) atoms. The van der Waals surface area contributed by atoms with E-state index >= 15 is 0 Å². The van der Waals surface area contributed by atoms with E-state index in [0.29, 0.717) is 25.1 Å². The van der Waals surface area contributed by atoms with Gasteiger partial charge >= 0.3 is 5.97 Å². The summed E-state index contributed by atoms with van der Waals surface area (Å²) in [5.41, 5.74) is 0.599. The molecule has 0 aliphatic carbocycles. The highest BCUT2D eigenvalue weighted by atomic mass is 19.1. The molecule has 1 aliphatic heterocycles. The van der Waals surface area contributed by atoms with Crippen LogP contribution in [0.1, 0.15) is 25.3 Å². The predicted molar refractivity (Wildman–Crippen MR) is 92.4 cm³/mol. The molecule has 0 radical (unpaired) electrons. The Morgan fingerprint density at radius 1 is 1.28 bits per heavy atom. The van der Waals surface area contributed by atoms with Gasteiger partial charge in [0, 0.05) is 32.7 Å². The molecule has 0 bridgehead atoms. The molecular weight excluding hydrogens is 328 g/mol. The van der Waals surface area contributed by atoms with E-state index in [1.165, 1.54) is 12.1 Å². The first kappa shape index (κ1) is 19.1. The van der Waals surface area contributed by atoms with Gasteiger partial charge in [-0.05, 0) is 43.9 Å². The van der Waals surface area contributed by atoms with E-state index in [0.717, 1.165) is 38.0 Å². The zero-order chi connectivity index (χ0) is 18.2. The number of aliphatic imine (C=N–C) groups is 1. The molecule has 1 aromatic carbocycles. The van der Waals surface area contributed by atoms with E-state index in [4.69, 9.17) is 4.74 Å². The molecule has 0 aromatic heterocycles. The van der Waals surface area contributed by atoms with Crippen LogP contribution in [0.4, 0.5) is 8.78 Å². The number of rotatable bonds is 5. The zero-order valence-corrected chi connectivity index (χ0v) is 14.7. The lowest BCUT2D eigenvalue weighted by Gasteiger charge is -2.33. The molecule has 0 spiro atoms. The summed E-state index contributed by atoms with van der Waals surface area (Å²) in [4.78, 5) is 18.1. The summed E-state index contributed by atoms with van der Waals surface area (Å²) < 4.78 is 31.5. The van der Waals surface area contributed by atoms with Crippen LogP contribution >= 0.6 is 0 Å². The number of carbonyl (C=O) groups is 1. The zero-order valence-electron chi connectivity index (χ0n) is 14.7. The Morgan fingerprint density at radius 3 is 2.48 bits per heavy atom. The van der Waals surface area contributed by atoms with Crippen LogP contribution in [0.5, 0.6) is 0 Å². The highest BCUT2D eigenvalue weighted by molar-refractivity contribution is 5.80. The van der Waals surface area contributed by atoms with E-state index in [1.54, 1.807) is 7.05 Å². The maximum absolute atomic E-state index is 13.2. The Bertz CT molecular complexity index is 594. The fourth-order valence-electron chi connectivity index (χ4n) is 2.99. The lowest BCUT2D eigenvalue weighted by atomic mass is 9.97. The molecular formula is C18H25F2N3O2. The van der Waals surface area contributed by atoms with Crippen LogP contribution in [0.15, 0.2) is 23.2 Å². The van der Waals surface area contributed by atoms with E-state index in [2.05, 4.69) is 15.2 Å². The third-order valence-electron chi connectivity index (χ3n) is 4.25. The third kappa shape index (κ3) is 5.69. The predicted octanol–water partition coefficient (Wildman–Crippen LogP) is 2.36. The molecule has 5 nitrogen and oxygen atoms in total. The number of benzene rings is 1. The molecule has 1 saturated heterocycles. The molecule has 0 amide bonds. The number of esters is 1. The minimum atomic E-state index is -0.569. The van der Waals surface area contributed by atoms with Crippen LogP contribution in [-0.2, 0) is 16.0 Å². The van der Waals surface area contributed by atoms with Crippen LogP contribution in [0.2, 0.25) is 0 Å². The second-order valence-electron chi connectivity index (χ2n) is 6.02. The Hall–Kier alpha value is -2.18. The molecule has 1 heterocycles. The number of hydrogen-bond acceptors (Lipinski definition) is 3. The molecule has 7 heteroatoms. The highest BCUT2D eigenvalue weighted by Gasteiger charge is 2.27. The van der Waals surface area contributed by atoms with Crippen LogP contribution in [0.3, 0.4) is 0 Å². The van der Waals surface area contributed by atoms with Crippen molar-refractivity contribution in [3.8, 4) is 0 Å². The largest absolute Gasteiger partial charge is 0.466 e. The van der Waals surface area contributed by atoms with E-state index in [9.17, 15) is 13.6 Å². The molecule has 0 saturated carbocycles. The molecule has 1 fully saturated rings. The summed E-state index contributed by atoms with van der Waals surface area (Å²) in [6.45, 7) is 4.18. The number of carbonyl (C=O) groups excluding carboxylic acids is 1. The number of hydrogen-bond donors (Lipinski definition) is 1. The van der Waals surface area contributed by atoms with Crippen molar-refractivity contribution >= 4 is 11.9 Å². The van der Waals surface area contributed by atoms with Crippen molar-refractivity contribution in [2.24, 2.45) is 10.9 Å². The Morgan fingerprint density at radius 2 is 1.92 bits per heavy atom. The van der Waals surface area contributed by atoms with Gasteiger partial charge in [-0.1, -0.05) is 0 Å². The van der Waals surface area contributed by atoms with Gasteiger partial charge in [-0.3, -0.25) is 9.79 Å². The first-order chi connectivity index (χ1) is 12.0. The summed E-state index contributed by atoms with van der Waals surface area (Å²) in [7, 11) is 1.70. The Balaban J connectivity index is 1.80. The van der Waals surface area contributed by atoms with E-state index in [1.807, 2.05) is 6.92 Å². The highest BCUT2D eigenvalue weighted by Crippen LogP contribution is 2.18. The normalized spacial score (nSPS) is 16.0. The van der Waals surface area contributed by atoms with Gasteiger partial charge in [-0.15, -0.1) is 0 Å². The second kappa shape index (κ2) is 9.34. The second-order valence-corrected chi connectivity index (χ2v) is 6.02. The van der Waals surface area contributed by atoms with Crippen molar-refractivity contribution in [3.05, 3.63) is 35.4 Å². The van der Waals surface area contributed by atoms with Gasteiger partial charge in [0.15, 0.2) is 5.96 Å². The third-order valence-corrected chi connectivity index (χ3v) is 4.25. The number of nitrogens with zero attached hydrogens (tertiary/aromatic N) is 2. The lowest BCUT2D eigenvalue weighted by molar-refractivity contribution is -0.149. The van der Waals surface area contributed by atoms with Gasteiger partial charge in [0.05, 0.1) is 12.5 Å². The summed E-state index contributed by atoms with van der Waals surface area (Å²) in [6.07, 6.45) is 1.95. The van der Waals surface area contributed by atoms with Crippen LogP contribution in [-0.4, -0.2) is 50.1 Å². The van der Waals surface area contributed by atoms with Gasteiger partial charge in [-0.25, -0.2) is 8.78 Å². The Labute approximate surface area is 147 Å². The number of likely N-dealkylation sites (tertiary alicyclic amines) is 1. The molecule has 1 aromatic rings. The van der Waals surface area contributed by atoms with Gasteiger partial charge in [0.25, 0.3) is 0 Å². The molecule has 138 valence electrons. The molecule has 2 rings (SSSR count). The van der Waals surface area contributed by atoms with E-state index < -0.39 is 11.6 Å². The number of guanidine groups is 1. The topological polar surface area (TPSA) is 53.9 Å². The summed E-state index contributed by atoms with van der Waals surface area (Å²) in [6, 6.07) is 3.53. The maximum atomic E-state index is 13.2. The fraction of sp³-hybridized carbons (Fsp3) is 0.556. The van der Waals surface area contributed by atoms with Crippen molar-refractivity contribution in [1.82, 2.24) is 10.2 Å². The first-order valence-electron chi connectivity index (χ1n) is 8.60. The maximum Gasteiger partial charge on any atom is 0.309 e. The summed E-state index contributed by atoms with van der Waals surface area (Å²) >= 11 is 0. The summed E-state index contributed by atoms with van der Waals surface area (Å²) in [5, 5.41) is 3.21. The van der Waals surface area contributed by atoms with Gasteiger partial charge in [-0.2, -0.15) is 0 Å². The van der Waals surface area contributed by atoms with E-state index in [-0.39, 0.29) is 11.9 Å². The SMILES string of the molecule is CCOC(=O)C1CCN(C(=NC)NCCc2cc(F)cc(F)c2)CC1. The van der Waals surface area contributed by atoms with Gasteiger partial charge in [0.2, 0.25) is 0 Å². The molecule has 0 atom stereocenters. The number of nitrogens with one attached hydrogen (secondary N) is 1. The molecule has 1 N–H and O–H groups in total. The fourth-order valence-corrected chi connectivity index (χ4v) is 2.99. The number of piperidine rings is 1. The van der Waals surface area contributed by atoms with Crippen molar-refractivity contribution in [3.63, 3.8) is 0 Å². The standard InChI is InChI=1S/C18H25F2N3O2/c1-3-25-17(24)14-5-8-23(9-6-14)18(21-2)22-7-4-13-10-15(19)12-16(20)11-13/h10-12,14H,3-9H2,1-2H3,(H,21,22). The lowest BCUT2D eigenvalue weighted by Crippen LogP contribution is -2.47. The van der Waals surface area contributed by atoms with Crippen molar-refractivity contribution in [2.75, 3.05) is 33.3 Å². The van der Waals surface area contributed by atoms with Crippen LogP contribution < -0.4 is 5.32 Å². The smallest absolute Gasteiger partial charge is 0.309 e. The van der Waals surface area contributed by atoms with Crippen molar-refractivity contribution in [1.29, 1.82) is 0 Å². The molecule has 1 aliphatic rings. The van der Waals surface area contributed by atoms with Crippen molar-refractivity contribution in [2.45, 2.75) is 26.2 Å². The van der Waals surface area contributed by atoms with Crippen LogP contribution in [0, 0.1) is 17.6 Å². The minimum absolute atomic E-state index is 0.0513. The van der Waals surface area contributed by atoms with Gasteiger partial charge in [0.1, 0.15) is 11.6 Å². The monoisotopic (exact) mass is 353 g/mol. The number of halogens is 2. The average molecular weight is 353 g/mol. The molecule has 0 unspecified atom stereocenters. The summed E-state index contributed by atoms with van der Waals surface area (Å²) in [5.74, 6) is -0.581. The Kier molecular flexibility index (Phi) is 7.16. The van der Waals surface area contributed by atoms with Crippen molar-refractivity contribution < 1.29 is 18.3 Å². The first-order valence-corrected chi connectivity index (χ1v) is 8.60. The minimum Gasteiger partial charge on any atom is -0.466 e. The average Bonchev–Trinajstić information content (AvgIpc) is 2.58. The van der Waals surface area contributed by atoms with Gasteiger partial charge < -0.3 is 15.0 Å². The quantitative estimate of drug-likeness (QED) is 0.502.